The quantitative estimate of drug-likeness (QED) is 0.569. The minimum absolute atomic E-state index is 0.0223. The van der Waals surface area contributed by atoms with Gasteiger partial charge in [0.1, 0.15) is 12.5 Å². The van der Waals surface area contributed by atoms with Gasteiger partial charge in [0, 0.05) is 24.1 Å². The van der Waals surface area contributed by atoms with Crippen LogP contribution >= 0.6 is 0 Å². The van der Waals surface area contributed by atoms with E-state index in [1.54, 1.807) is 6.92 Å². The summed E-state index contributed by atoms with van der Waals surface area (Å²) in [4.78, 5) is 33.9. The highest BCUT2D eigenvalue weighted by molar-refractivity contribution is 6.24. The summed E-state index contributed by atoms with van der Waals surface area (Å²) in [6, 6.07) is -0.380. The highest BCUT2D eigenvalue weighted by atomic mass is 16.5. The number of rotatable bonds is 1. The molecule has 0 saturated carbocycles. The highest BCUT2D eigenvalue weighted by Crippen LogP contribution is 2.58. The molecule has 8 atom stereocenters. The number of methoxy groups -OCH3 is 1. The number of hydrogen-bond acceptors (Lipinski definition) is 9. The number of piperazine rings is 1. The largest absolute Gasteiger partial charge is 0.492 e. The topological polar surface area (TPSA) is 91.8 Å². The minimum atomic E-state index is -1.93. The van der Waals surface area contributed by atoms with Gasteiger partial charge < -0.3 is 24.2 Å². The molecule has 9 nitrogen and oxygen atoms in total. The van der Waals surface area contributed by atoms with Crippen molar-refractivity contribution in [2.24, 2.45) is 5.92 Å². The van der Waals surface area contributed by atoms with Gasteiger partial charge in [-0.2, -0.15) is 0 Å². The Morgan fingerprint density at radius 2 is 2.00 bits per heavy atom. The molecule has 5 saturated heterocycles. The third kappa shape index (κ3) is 1.63. The smallest absolute Gasteiger partial charge is 0.229 e. The van der Waals surface area contributed by atoms with Gasteiger partial charge in [-0.3, -0.25) is 19.4 Å². The van der Waals surface area contributed by atoms with E-state index in [-0.39, 0.29) is 60.0 Å². The number of carbonyl (C=O) groups is 2. The molecule has 30 heavy (non-hydrogen) atoms. The van der Waals surface area contributed by atoms with Crippen LogP contribution in [0.3, 0.4) is 0 Å². The van der Waals surface area contributed by atoms with Gasteiger partial charge in [-0.1, -0.05) is 0 Å². The molecule has 0 radical (unpaired) electrons. The lowest BCUT2D eigenvalue weighted by Crippen LogP contribution is -2.81. The first-order valence-electron chi connectivity index (χ1n) is 10.7. The second kappa shape index (κ2) is 5.34. The Morgan fingerprint density at radius 1 is 1.20 bits per heavy atom. The van der Waals surface area contributed by atoms with Gasteiger partial charge in [0.15, 0.2) is 17.1 Å². The van der Waals surface area contributed by atoms with Crippen LogP contribution in [0, 0.1) is 5.92 Å². The predicted molar refractivity (Wildman–Crippen MR) is 101 cm³/mol. The zero-order chi connectivity index (χ0) is 20.7. The monoisotopic (exact) mass is 415 g/mol. The Bertz CT molecular complexity index is 976. The number of likely N-dealkylation sites (N-methyl/N-ethyl adjacent to an activating group) is 1. The van der Waals surface area contributed by atoms with E-state index >= 15 is 0 Å². The molecule has 6 aliphatic heterocycles. The van der Waals surface area contributed by atoms with Crippen LogP contribution in [-0.4, -0.2) is 108 Å². The first-order valence-corrected chi connectivity index (χ1v) is 10.7. The van der Waals surface area contributed by atoms with Crippen molar-refractivity contribution in [3.05, 3.63) is 22.6 Å². The molecular weight excluding hydrogens is 390 g/mol. The summed E-state index contributed by atoms with van der Waals surface area (Å²) in [5, 5.41) is 12.2. The van der Waals surface area contributed by atoms with Crippen molar-refractivity contribution in [3.63, 3.8) is 0 Å². The van der Waals surface area contributed by atoms with Crippen molar-refractivity contribution in [2.45, 2.75) is 55.6 Å². The fraction of sp³-hybridized carbons (Fsp3) is 0.714. The molecule has 1 aliphatic carbocycles. The van der Waals surface area contributed by atoms with Crippen LogP contribution < -0.4 is 0 Å². The molecule has 1 N–H and O–H groups in total. The summed E-state index contributed by atoms with van der Waals surface area (Å²) in [7, 11) is 3.51. The summed E-state index contributed by atoms with van der Waals surface area (Å²) in [6.07, 6.45) is 0.597. The van der Waals surface area contributed by atoms with E-state index in [2.05, 4.69) is 21.7 Å². The SMILES string of the molecule is COC1=C(C)C(=O)C2(O)C(=C3CO[C@@H]4[C@@H]5C[C@H]6[C@H]([C@H]([C@@H]2N2CCO[C@@H]62)N34)N5C)C1=O. The maximum absolute atomic E-state index is 13.7. The van der Waals surface area contributed by atoms with Crippen LogP contribution in [0.1, 0.15) is 13.3 Å². The van der Waals surface area contributed by atoms with Gasteiger partial charge >= 0.3 is 0 Å². The minimum Gasteiger partial charge on any atom is -0.492 e. The van der Waals surface area contributed by atoms with Crippen molar-refractivity contribution in [2.75, 3.05) is 33.9 Å². The molecule has 2 bridgehead atoms. The van der Waals surface area contributed by atoms with Crippen LogP contribution in [0.5, 0.6) is 0 Å². The normalized spacial score (nSPS) is 49.2. The average Bonchev–Trinajstić information content (AvgIpc) is 3.41. The zero-order valence-corrected chi connectivity index (χ0v) is 17.2. The molecule has 0 aromatic rings. The molecule has 7 rings (SSSR count). The first kappa shape index (κ1) is 17.9. The van der Waals surface area contributed by atoms with Crippen LogP contribution in [-0.2, 0) is 23.8 Å². The van der Waals surface area contributed by atoms with Crippen molar-refractivity contribution < 1.29 is 28.9 Å². The second-order valence-electron chi connectivity index (χ2n) is 9.57. The lowest BCUT2D eigenvalue weighted by atomic mass is 9.63. The summed E-state index contributed by atoms with van der Waals surface area (Å²) in [5.74, 6) is -0.541. The molecule has 0 aromatic carbocycles. The lowest BCUT2D eigenvalue weighted by molar-refractivity contribution is -0.193. The number of Topliss-reactive ketones (excluding diaryl/α,β-unsaturated/α-hetero) is 2. The Hall–Kier alpha value is -1.78. The lowest BCUT2D eigenvalue weighted by Gasteiger charge is -2.62. The summed E-state index contributed by atoms with van der Waals surface area (Å²) in [5.41, 5.74) is -0.936. The van der Waals surface area contributed by atoms with Gasteiger partial charge in [-0.15, -0.1) is 0 Å². The number of ketones is 2. The molecule has 7 aliphatic rings. The molecule has 0 spiro atoms. The van der Waals surface area contributed by atoms with E-state index in [9.17, 15) is 14.7 Å². The van der Waals surface area contributed by atoms with E-state index in [0.29, 0.717) is 18.8 Å². The van der Waals surface area contributed by atoms with Crippen LogP contribution in [0.25, 0.3) is 0 Å². The van der Waals surface area contributed by atoms with Crippen molar-refractivity contribution >= 4 is 11.6 Å². The number of fused-ring (bicyclic) bond motifs is 7. The fourth-order valence-electron chi connectivity index (χ4n) is 7.72. The molecule has 0 aromatic heterocycles. The van der Waals surface area contributed by atoms with E-state index in [1.807, 2.05) is 0 Å². The van der Waals surface area contributed by atoms with Crippen LogP contribution in [0.4, 0.5) is 0 Å². The third-order valence-corrected chi connectivity index (χ3v) is 8.70. The Kier molecular flexibility index (Phi) is 3.18. The fourth-order valence-corrected chi connectivity index (χ4v) is 7.72. The molecule has 0 amide bonds. The number of carbonyl (C=O) groups excluding carboxylic acids is 2. The number of ether oxygens (including phenoxy) is 3. The summed E-state index contributed by atoms with van der Waals surface area (Å²) < 4.78 is 17.7. The number of allylic oxidation sites excluding steroid dienone is 1. The average molecular weight is 415 g/mol. The Morgan fingerprint density at radius 3 is 2.77 bits per heavy atom. The molecular formula is C21H25N3O6. The summed E-state index contributed by atoms with van der Waals surface area (Å²) >= 11 is 0. The van der Waals surface area contributed by atoms with Crippen molar-refractivity contribution in [3.8, 4) is 0 Å². The van der Waals surface area contributed by atoms with E-state index in [0.717, 1.165) is 6.42 Å². The maximum Gasteiger partial charge on any atom is 0.229 e. The molecule has 160 valence electrons. The number of hydrogen-bond donors (Lipinski definition) is 1. The molecule has 9 heteroatoms. The first-order chi connectivity index (χ1) is 14.4. The molecule has 1 unspecified atom stereocenters. The van der Waals surface area contributed by atoms with Gasteiger partial charge in [0.05, 0.1) is 49.7 Å². The summed E-state index contributed by atoms with van der Waals surface area (Å²) in [6.45, 7) is 2.99. The van der Waals surface area contributed by atoms with Crippen molar-refractivity contribution in [1.82, 2.24) is 14.7 Å². The standard InChI is InChI=1S/C21H25N3O6/c1-8-16(28-3)15(25)12-11-7-30-20-10-6-9-13(22(10)2)14(24(11)20)17(21(12,27)18(8)26)23-4-5-29-19(9)23/h9-10,13-14,17,19-20,27H,4-7H2,1-3H3/t9-,10-,13+,14+,17-,19-,20+,21?/m0/s1. The van der Waals surface area contributed by atoms with Gasteiger partial charge in [0.2, 0.25) is 5.78 Å². The maximum atomic E-state index is 13.7. The molecule has 5 fully saturated rings. The van der Waals surface area contributed by atoms with Gasteiger partial charge in [-0.05, 0) is 20.4 Å². The number of nitrogens with zero attached hydrogens (tertiary/aromatic N) is 3. The molecule has 6 heterocycles. The number of piperidine rings is 1. The van der Waals surface area contributed by atoms with Crippen LogP contribution in [0.15, 0.2) is 22.6 Å². The Balaban J connectivity index is 1.54. The van der Waals surface area contributed by atoms with E-state index < -0.39 is 23.2 Å². The van der Waals surface area contributed by atoms with Gasteiger partial charge in [-0.25, -0.2) is 0 Å². The number of aliphatic hydroxyl groups is 1. The van der Waals surface area contributed by atoms with E-state index in [4.69, 9.17) is 14.2 Å². The van der Waals surface area contributed by atoms with E-state index in [1.165, 1.54) is 7.11 Å². The predicted octanol–water partition coefficient (Wildman–Crippen LogP) is -1.17. The zero-order valence-electron chi connectivity index (χ0n) is 17.2. The Labute approximate surface area is 173 Å². The third-order valence-electron chi connectivity index (χ3n) is 8.70. The second-order valence-corrected chi connectivity index (χ2v) is 9.57. The van der Waals surface area contributed by atoms with Gasteiger partial charge in [0.25, 0.3) is 0 Å². The van der Waals surface area contributed by atoms with Crippen molar-refractivity contribution in [1.29, 1.82) is 0 Å². The highest BCUT2D eigenvalue weighted by Gasteiger charge is 2.74. The van der Waals surface area contributed by atoms with Crippen LogP contribution in [0.2, 0.25) is 0 Å².